The molecule has 26 heavy (non-hydrogen) atoms. The average molecular weight is 379 g/mol. The van der Waals surface area contributed by atoms with E-state index in [4.69, 9.17) is 4.43 Å². The molecule has 0 saturated heterocycles. The summed E-state index contributed by atoms with van der Waals surface area (Å²) < 4.78 is 6.53. The smallest absolute Gasteiger partial charge is 0.184 e. The van der Waals surface area contributed by atoms with Crippen LogP contribution in [-0.4, -0.2) is 25.1 Å². The molecule has 4 saturated carbocycles. The summed E-state index contributed by atoms with van der Waals surface area (Å²) in [5.74, 6) is 3.37. The van der Waals surface area contributed by atoms with Crippen LogP contribution < -0.4 is 0 Å². The predicted octanol–water partition coefficient (Wildman–Crippen LogP) is 6.00. The summed E-state index contributed by atoms with van der Waals surface area (Å²) in [6.45, 7) is 14.2. The average Bonchev–Trinajstić information content (AvgIpc) is 2.76. The van der Waals surface area contributed by atoms with Crippen molar-refractivity contribution in [2.45, 2.75) is 110 Å². The summed E-state index contributed by atoms with van der Waals surface area (Å²) >= 11 is 0. The monoisotopic (exact) mass is 378 g/mol. The quantitative estimate of drug-likeness (QED) is 0.597. The molecule has 1 N–H and O–H groups in total. The molecule has 4 aliphatic rings. The Kier molecular flexibility index (Phi) is 4.54. The van der Waals surface area contributed by atoms with Crippen LogP contribution >= 0.6 is 0 Å². The third-order valence-corrected chi connectivity index (χ3v) is 10.7. The Balaban J connectivity index is 1.52. The predicted molar refractivity (Wildman–Crippen MR) is 111 cm³/mol. The van der Waals surface area contributed by atoms with Gasteiger partial charge in [-0.1, -0.05) is 13.8 Å². The van der Waals surface area contributed by atoms with Gasteiger partial charge >= 0.3 is 0 Å². The molecule has 0 bridgehead atoms. The highest BCUT2D eigenvalue weighted by Gasteiger charge is 2.63. The van der Waals surface area contributed by atoms with E-state index in [1.807, 2.05) is 0 Å². The first-order valence-electron chi connectivity index (χ1n) is 11.4. The zero-order chi connectivity index (χ0) is 19.0. The van der Waals surface area contributed by atoms with Crippen molar-refractivity contribution in [1.82, 2.24) is 0 Å². The second kappa shape index (κ2) is 6.07. The third kappa shape index (κ3) is 2.87. The number of hydrogen-bond donors (Lipinski definition) is 1. The van der Waals surface area contributed by atoms with Gasteiger partial charge in [0.25, 0.3) is 0 Å². The van der Waals surface area contributed by atoms with Crippen LogP contribution in [0.2, 0.25) is 19.6 Å². The van der Waals surface area contributed by atoms with Crippen molar-refractivity contribution in [2.75, 3.05) is 0 Å². The van der Waals surface area contributed by atoms with Crippen molar-refractivity contribution in [3.05, 3.63) is 0 Å². The molecular weight excluding hydrogens is 336 g/mol. The summed E-state index contributed by atoms with van der Waals surface area (Å²) in [7, 11) is -1.43. The van der Waals surface area contributed by atoms with Gasteiger partial charge in [-0.25, -0.2) is 0 Å². The van der Waals surface area contributed by atoms with Gasteiger partial charge in [-0.15, -0.1) is 0 Å². The highest BCUT2D eigenvalue weighted by Crippen LogP contribution is 2.68. The largest absolute Gasteiger partial charge is 0.415 e. The van der Waals surface area contributed by atoms with Crippen molar-refractivity contribution in [3.8, 4) is 0 Å². The Bertz CT molecular complexity index is 553. The van der Waals surface area contributed by atoms with Crippen LogP contribution in [0.5, 0.6) is 0 Å². The lowest BCUT2D eigenvalue weighted by Gasteiger charge is -2.61. The Morgan fingerprint density at radius 3 is 2.23 bits per heavy atom. The Morgan fingerprint density at radius 1 is 0.846 bits per heavy atom. The molecule has 0 amide bonds. The molecule has 4 fully saturated rings. The molecule has 4 rings (SSSR count). The van der Waals surface area contributed by atoms with Crippen molar-refractivity contribution in [1.29, 1.82) is 0 Å². The first-order chi connectivity index (χ1) is 12.0. The summed E-state index contributed by atoms with van der Waals surface area (Å²) in [5.41, 5.74) is 0.247. The van der Waals surface area contributed by atoms with Gasteiger partial charge in [0.2, 0.25) is 0 Å². The molecule has 0 spiro atoms. The van der Waals surface area contributed by atoms with E-state index in [1.54, 1.807) is 0 Å². The van der Waals surface area contributed by atoms with E-state index in [2.05, 4.69) is 40.4 Å². The van der Waals surface area contributed by atoms with Crippen molar-refractivity contribution >= 4 is 8.32 Å². The fraction of sp³-hybridized carbons (Fsp3) is 1.00. The van der Waals surface area contributed by atoms with E-state index >= 15 is 0 Å². The molecule has 0 unspecified atom stereocenters. The molecule has 150 valence electrons. The molecule has 4 aliphatic carbocycles. The molecular formula is C23H42O2Si. The highest BCUT2D eigenvalue weighted by atomic mass is 28.4. The maximum Gasteiger partial charge on any atom is 0.184 e. The van der Waals surface area contributed by atoms with Crippen LogP contribution in [0.3, 0.4) is 0 Å². The van der Waals surface area contributed by atoms with Crippen molar-refractivity contribution < 1.29 is 9.53 Å². The number of aliphatic hydroxyl groups is 1. The van der Waals surface area contributed by atoms with Gasteiger partial charge in [0.1, 0.15) is 0 Å². The van der Waals surface area contributed by atoms with E-state index in [0.29, 0.717) is 11.5 Å². The topological polar surface area (TPSA) is 29.5 Å². The third-order valence-electron chi connectivity index (χ3n) is 9.70. The van der Waals surface area contributed by atoms with Crippen LogP contribution in [0.1, 0.15) is 78.6 Å². The van der Waals surface area contributed by atoms with E-state index < -0.39 is 13.9 Å². The molecule has 0 aromatic heterocycles. The van der Waals surface area contributed by atoms with Crippen molar-refractivity contribution in [2.24, 2.45) is 34.5 Å². The first-order valence-corrected chi connectivity index (χ1v) is 14.8. The minimum Gasteiger partial charge on any atom is -0.415 e. The number of fused-ring (bicyclic) bond motifs is 5. The molecule has 8 atom stereocenters. The summed E-state index contributed by atoms with van der Waals surface area (Å²) in [5, 5.41) is 11.1. The summed E-state index contributed by atoms with van der Waals surface area (Å²) in [4.78, 5) is 0. The van der Waals surface area contributed by atoms with Crippen LogP contribution in [-0.2, 0) is 4.43 Å². The number of rotatable bonds is 2. The second-order valence-electron chi connectivity index (χ2n) is 12.1. The molecule has 3 heteroatoms. The fourth-order valence-corrected chi connectivity index (χ4v) is 9.28. The highest BCUT2D eigenvalue weighted by molar-refractivity contribution is 6.69. The van der Waals surface area contributed by atoms with E-state index in [9.17, 15) is 5.11 Å². The summed E-state index contributed by atoms with van der Waals surface area (Å²) in [6, 6.07) is 0. The van der Waals surface area contributed by atoms with E-state index in [0.717, 1.165) is 30.1 Å². The normalized spacial score (nSPS) is 54.3. The lowest BCUT2D eigenvalue weighted by molar-refractivity contribution is -0.152. The van der Waals surface area contributed by atoms with Gasteiger partial charge in [-0.05, 0) is 119 Å². The van der Waals surface area contributed by atoms with Gasteiger partial charge in [-0.3, -0.25) is 0 Å². The molecule has 0 heterocycles. The molecule has 0 radical (unpaired) electrons. The molecule has 2 nitrogen and oxygen atoms in total. The van der Waals surface area contributed by atoms with E-state index in [-0.39, 0.29) is 5.41 Å². The van der Waals surface area contributed by atoms with Gasteiger partial charge in [0.15, 0.2) is 8.32 Å². The zero-order valence-electron chi connectivity index (χ0n) is 18.1. The molecule has 0 aromatic rings. The molecule has 0 aromatic carbocycles. The van der Waals surface area contributed by atoms with Gasteiger partial charge in [0.05, 0.1) is 5.60 Å². The van der Waals surface area contributed by atoms with Gasteiger partial charge in [-0.2, -0.15) is 0 Å². The van der Waals surface area contributed by atoms with Crippen LogP contribution in [0.25, 0.3) is 0 Å². The van der Waals surface area contributed by atoms with Gasteiger partial charge < -0.3 is 9.53 Å². The van der Waals surface area contributed by atoms with Crippen LogP contribution in [0.15, 0.2) is 0 Å². The fourth-order valence-electron chi connectivity index (χ4n) is 8.07. The minimum atomic E-state index is -1.43. The van der Waals surface area contributed by atoms with Crippen LogP contribution in [0.4, 0.5) is 0 Å². The first kappa shape index (κ1) is 19.5. The maximum atomic E-state index is 11.1. The standard InChI is InChI=1S/C23H42O2Si/c1-21-12-9-17(25-26(4,5)6)15-16(21)7-8-18-19(21)10-13-22(2)20(18)11-14-23(22,3)24/h16-20,24H,7-15H2,1-6H3/t16-,17-,18+,19-,20-,21-,22-,23+/m0/s1. The SMILES string of the molecule is C[C@]12CC[C@H](O[Si](C)(C)C)C[C@@H]1CC[C@@H]1[C@@H]2CC[C@@]2(C)[C@H]1CC[C@@]2(C)O. The Morgan fingerprint density at radius 2 is 1.54 bits per heavy atom. The molecule has 0 aliphatic heterocycles. The van der Waals surface area contributed by atoms with Crippen LogP contribution in [0, 0.1) is 34.5 Å². The number of hydrogen-bond acceptors (Lipinski definition) is 2. The van der Waals surface area contributed by atoms with E-state index in [1.165, 1.54) is 51.4 Å². The Labute approximate surface area is 162 Å². The zero-order valence-corrected chi connectivity index (χ0v) is 19.1. The Hall–Kier alpha value is 0.137. The summed E-state index contributed by atoms with van der Waals surface area (Å²) in [6.07, 6.45) is 12.1. The lowest BCUT2D eigenvalue weighted by Crippen LogP contribution is -2.56. The lowest BCUT2D eigenvalue weighted by atomic mass is 9.44. The van der Waals surface area contributed by atoms with Gasteiger partial charge in [0, 0.05) is 6.10 Å². The maximum absolute atomic E-state index is 11.1. The van der Waals surface area contributed by atoms with Crippen molar-refractivity contribution in [3.63, 3.8) is 0 Å². The second-order valence-corrected chi connectivity index (χ2v) is 16.5. The minimum absolute atomic E-state index is 0.162.